The van der Waals surface area contributed by atoms with Crippen LogP contribution >= 0.6 is 6.49 Å². The lowest BCUT2D eigenvalue weighted by atomic mass is 10.0. The monoisotopic (exact) mass is 386 g/mol. The maximum Gasteiger partial charge on any atom is 0.186 e. The van der Waals surface area contributed by atoms with Crippen LogP contribution in [0.3, 0.4) is 0 Å². The van der Waals surface area contributed by atoms with Gasteiger partial charge in [0.25, 0.3) is 0 Å². The minimum Gasteiger partial charge on any atom is -0.328 e. The molecule has 0 aromatic heterocycles. The van der Waals surface area contributed by atoms with E-state index in [4.69, 9.17) is 20.9 Å². The smallest absolute Gasteiger partial charge is 0.186 e. The third-order valence-electron chi connectivity index (χ3n) is 4.34. The van der Waals surface area contributed by atoms with Crippen molar-refractivity contribution in [3.8, 4) is 0 Å². The van der Waals surface area contributed by atoms with E-state index in [-0.39, 0.29) is 12.1 Å². The van der Waals surface area contributed by atoms with E-state index in [1.165, 1.54) is 0 Å². The molecule has 1 rings (SSSR count). The first-order valence-corrected chi connectivity index (χ1v) is 12.1. The second kappa shape index (κ2) is 10.8. The average molecular weight is 387 g/mol. The first kappa shape index (κ1) is 22.8. The van der Waals surface area contributed by atoms with Gasteiger partial charge >= 0.3 is 0 Å². The van der Waals surface area contributed by atoms with Crippen LogP contribution in [0.1, 0.15) is 46.3 Å². The summed E-state index contributed by atoms with van der Waals surface area (Å²) in [5.74, 6) is 0. The molecule has 1 aromatic carbocycles. The van der Waals surface area contributed by atoms with Crippen LogP contribution < -0.4 is 5.32 Å². The summed E-state index contributed by atoms with van der Waals surface area (Å²) in [5.41, 5.74) is 1.12. The predicted molar refractivity (Wildman–Crippen MR) is 112 cm³/mol. The fourth-order valence-corrected chi connectivity index (χ4v) is 4.59. The van der Waals surface area contributed by atoms with Gasteiger partial charge in [-0.05, 0) is 59.0 Å². The van der Waals surface area contributed by atoms with Gasteiger partial charge in [-0.25, -0.2) is 0 Å². The normalized spacial score (nSPS) is 17.0. The lowest BCUT2D eigenvalue weighted by molar-refractivity contribution is 0.120. The maximum absolute atomic E-state index is 6.30. The largest absolute Gasteiger partial charge is 0.328 e. The number of nitrogens with one attached hydrogen (secondary N) is 1. The van der Waals surface area contributed by atoms with E-state index >= 15 is 0 Å². The molecule has 0 radical (unpaired) electrons. The van der Waals surface area contributed by atoms with E-state index in [2.05, 4.69) is 57.0 Å². The summed E-state index contributed by atoms with van der Waals surface area (Å²) in [6.07, 6.45) is -0.117. The summed E-state index contributed by atoms with van der Waals surface area (Å²) in [6.45, 7) is 12.0. The van der Waals surface area contributed by atoms with Crippen molar-refractivity contribution in [2.24, 2.45) is 0 Å². The zero-order valence-corrected chi connectivity index (χ0v) is 18.4. The standard InChI is InChI=1S/C19H35N2O2PS/c1-15(2)21(16(3)4)13-14-22-24(7,25)23-19(17(5)20-6)18-11-9-8-10-12-18/h8-12,15-17,19-20H,13-14H2,1-7H3. The van der Waals surface area contributed by atoms with Crippen molar-refractivity contribution in [3.05, 3.63) is 35.9 Å². The van der Waals surface area contributed by atoms with E-state index < -0.39 is 6.49 Å². The van der Waals surface area contributed by atoms with Crippen molar-refractivity contribution in [3.63, 3.8) is 0 Å². The van der Waals surface area contributed by atoms with E-state index in [1.54, 1.807) is 0 Å². The van der Waals surface area contributed by atoms with Gasteiger partial charge in [-0.3, -0.25) is 4.90 Å². The second-order valence-corrected chi connectivity index (χ2v) is 11.0. The van der Waals surface area contributed by atoms with Gasteiger partial charge in [0, 0.05) is 31.3 Å². The zero-order valence-electron chi connectivity index (χ0n) is 16.7. The van der Waals surface area contributed by atoms with Gasteiger partial charge in [0.2, 0.25) is 0 Å². The van der Waals surface area contributed by atoms with Gasteiger partial charge in [0.1, 0.15) is 6.10 Å². The van der Waals surface area contributed by atoms with E-state index in [9.17, 15) is 0 Å². The molecule has 4 nitrogen and oxygen atoms in total. The fraction of sp³-hybridized carbons (Fsp3) is 0.684. The molecule has 25 heavy (non-hydrogen) atoms. The van der Waals surface area contributed by atoms with Crippen LogP contribution in [0.25, 0.3) is 0 Å². The van der Waals surface area contributed by atoms with Crippen molar-refractivity contribution in [1.82, 2.24) is 10.2 Å². The Morgan fingerprint density at radius 3 is 2.12 bits per heavy atom. The Balaban J connectivity index is 2.71. The number of benzene rings is 1. The molecule has 0 heterocycles. The average Bonchev–Trinajstić information content (AvgIpc) is 2.56. The molecule has 0 aliphatic carbocycles. The Morgan fingerprint density at radius 1 is 1.08 bits per heavy atom. The van der Waals surface area contributed by atoms with Crippen molar-refractivity contribution in [2.75, 3.05) is 26.9 Å². The molecule has 0 aliphatic heterocycles. The van der Waals surface area contributed by atoms with Crippen LogP contribution in [0, 0.1) is 0 Å². The van der Waals surface area contributed by atoms with Crippen molar-refractivity contribution < 1.29 is 9.05 Å². The molecule has 3 unspecified atom stereocenters. The van der Waals surface area contributed by atoms with Crippen LogP contribution in [0.15, 0.2) is 30.3 Å². The molecular weight excluding hydrogens is 351 g/mol. The Bertz CT molecular complexity index is 531. The Kier molecular flexibility index (Phi) is 9.79. The minimum atomic E-state index is -2.33. The number of likely N-dealkylation sites (N-methyl/N-ethyl adjacent to an activating group) is 1. The molecule has 3 atom stereocenters. The highest BCUT2D eigenvalue weighted by Crippen LogP contribution is 2.49. The summed E-state index contributed by atoms with van der Waals surface area (Å²) in [5, 5.41) is 3.27. The van der Waals surface area contributed by atoms with Gasteiger partial charge in [-0.15, -0.1) is 0 Å². The molecule has 0 spiro atoms. The number of rotatable bonds is 11. The van der Waals surface area contributed by atoms with Crippen molar-refractivity contribution >= 4 is 18.3 Å². The predicted octanol–water partition coefficient (Wildman–Crippen LogP) is 4.43. The van der Waals surface area contributed by atoms with E-state index in [0.717, 1.165) is 12.1 Å². The van der Waals surface area contributed by atoms with E-state index in [1.807, 2.05) is 31.9 Å². The lowest BCUT2D eigenvalue weighted by Gasteiger charge is -2.32. The first-order chi connectivity index (χ1) is 11.7. The summed E-state index contributed by atoms with van der Waals surface area (Å²) in [7, 11) is 1.94. The topological polar surface area (TPSA) is 33.7 Å². The summed E-state index contributed by atoms with van der Waals surface area (Å²) >= 11 is 5.69. The molecule has 0 aliphatic rings. The first-order valence-electron chi connectivity index (χ1n) is 9.06. The molecule has 0 fully saturated rings. The molecular formula is C19H35N2O2PS. The van der Waals surface area contributed by atoms with Crippen LogP contribution in [-0.4, -0.2) is 49.9 Å². The van der Waals surface area contributed by atoms with Gasteiger partial charge in [0.15, 0.2) is 6.49 Å². The summed E-state index contributed by atoms with van der Waals surface area (Å²) in [4.78, 5) is 2.40. The van der Waals surface area contributed by atoms with Gasteiger partial charge < -0.3 is 14.4 Å². The molecule has 6 heteroatoms. The third kappa shape index (κ3) is 7.86. The van der Waals surface area contributed by atoms with Crippen LogP contribution in [0.2, 0.25) is 0 Å². The molecule has 1 N–H and O–H groups in total. The summed E-state index contributed by atoms with van der Waals surface area (Å²) < 4.78 is 12.3. The second-order valence-electron chi connectivity index (χ2n) is 7.04. The van der Waals surface area contributed by atoms with Gasteiger partial charge in [-0.1, -0.05) is 30.3 Å². The molecule has 0 bridgehead atoms. The minimum absolute atomic E-state index is 0.117. The molecule has 0 saturated carbocycles. The highest BCUT2D eigenvalue weighted by molar-refractivity contribution is 8.09. The fourth-order valence-electron chi connectivity index (χ4n) is 2.90. The van der Waals surface area contributed by atoms with E-state index in [0.29, 0.717) is 18.7 Å². The summed E-state index contributed by atoms with van der Waals surface area (Å²) in [6, 6.07) is 11.3. The highest BCUT2D eigenvalue weighted by Gasteiger charge is 2.25. The van der Waals surface area contributed by atoms with Crippen molar-refractivity contribution in [1.29, 1.82) is 0 Å². The highest BCUT2D eigenvalue weighted by atomic mass is 32.5. The molecule has 1 aromatic rings. The SMILES string of the molecule is CNC(C)C(OP(C)(=S)OCCN(C(C)C)C(C)C)c1ccccc1. The molecule has 0 saturated heterocycles. The Morgan fingerprint density at radius 2 is 1.64 bits per heavy atom. The Hall–Kier alpha value is -0.290. The number of hydrogen-bond acceptors (Lipinski definition) is 5. The van der Waals surface area contributed by atoms with Gasteiger partial charge in [-0.2, -0.15) is 0 Å². The lowest BCUT2D eigenvalue weighted by Crippen LogP contribution is -2.39. The number of nitrogens with zero attached hydrogens (tertiary/aromatic N) is 1. The third-order valence-corrected chi connectivity index (χ3v) is 6.18. The molecule has 0 amide bonds. The van der Waals surface area contributed by atoms with Crippen LogP contribution in [-0.2, 0) is 20.9 Å². The maximum atomic E-state index is 6.30. The number of hydrogen-bond donors (Lipinski definition) is 1. The van der Waals surface area contributed by atoms with Crippen LogP contribution in [0.4, 0.5) is 0 Å². The van der Waals surface area contributed by atoms with Crippen molar-refractivity contribution in [2.45, 2.75) is 58.8 Å². The van der Waals surface area contributed by atoms with Gasteiger partial charge in [0.05, 0.1) is 6.61 Å². The Labute approximate surface area is 159 Å². The quantitative estimate of drug-likeness (QED) is 0.569. The zero-order chi connectivity index (χ0) is 19.0. The molecule has 144 valence electrons. The van der Waals surface area contributed by atoms with Crippen LogP contribution in [0.5, 0.6) is 0 Å².